The molecule has 6 heteroatoms. The minimum absolute atomic E-state index is 0.0328. The summed E-state index contributed by atoms with van der Waals surface area (Å²) in [6.07, 6.45) is 1.84. The zero-order valence-corrected chi connectivity index (χ0v) is 10.6. The van der Waals surface area contributed by atoms with Gasteiger partial charge in [-0.15, -0.1) is 0 Å². The maximum atomic E-state index is 9.70. The third-order valence-electron chi connectivity index (χ3n) is 2.27. The van der Waals surface area contributed by atoms with E-state index in [-0.39, 0.29) is 5.75 Å². The maximum Gasteiger partial charge on any atom is 0.152 e. The van der Waals surface area contributed by atoms with Gasteiger partial charge in [0.15, 0.2) is 5.82 Å². The minimum Gasteiger partial charge on any atom is -0.506 e. The molecule has 2 N–H and O–H groups in total. The number of aryl methyl sites for hydroxylation is 1. The van der Waals surface area contributed by atoms with Gasteiger partial charge in [-0.2, -0.15) is 5.10 Å². The second-order valence-electron chi connectivity index (χ2n) is 3.47. The van der Waals surface area contributed by atoms with Crippen LogP contribution in [0.2, 0.25) is 10.0 Å². The van der Waals surface area contributed by atoms with Crippen molar-refractivity contribution in [2.75, 3.05) is 5.32 Å². The Morgan fingerprint density at radius 3 is 2.71 bits per heavy atom. The van der Waals surface area contributed by atoms with Gasteiger partial charge < -0.3 is 10.4 Å². The second-order valence-corrected chi connectivity index (χ2v) is 4.28. The highest BCUT2D eigenvalue weighted by molar-refractivity contribution is 6.42. The molecular formula is C11H11Cl2N3O. The Balaban J connectivity index is 2.26. The van der Waals surface area contributed by atoms with Gasteiger partial charge in [0.05, 0.1) is 15.7 Å². The van der Waals surface area contributed by atoms with Gasteiger partial charge in [0.1, 0.15) is 5.75 Å². The highest BCUT2D eigenvalue weighted by atomic mass is 35.5. The average molecular weight is 272 g/mol. The molecule has 0 bridgehead atoms. The SMILES string of the molecule is CCn1ccc(Nc2cc(Cl)c(Cl)cc2O)n1. The van der Waals surface area contributed by atoms with E-state index in [0.29, 0.717) is 21.6 Å². The zero-order chi connectivity index (χ0) is 12.4. The number of nitrogens with one attached hydrogen (secondary N) is 1. The van der Waals surface area contributed by atoms with E-state index in [1.807, 2.05) is 19.2 Å². The first-order valence-corrected chi connectivity index (χ1v) is 5.84. The Bertz CT molecular complexity index is 540. The summed E-state index contributed by atoms with van der Waals surface area (Å²) in [5.74, 6) is 0.672. The van der Waals surface area contributed by atoms with Crippen molar-refractivity contribution in [3.63, 3.8) is 0 Å². The summed E-state index contributed by atoms with van der Waals surface area (Å²) in [7, 11) is 0. The van der Waals surface area contributed by atoms with Gasteiger partial charge in [-0.05, 0) is 13.0 Å². The van der Waals surface area contributed by atoms with E-state index in [1.165, 1.54) is 6.07 Å². The van der Waals surface area contributed by atoms with E-state index in [9.17, 15) is 5.11 Å². The standard InChI is InChI=1S/C11H11Cl2N3O/c1-2-16-4-3-11(15-16)14-9-5-7(12)8(13)6-10(9)17/h3-6,17H,2H2,1H3,(H,14,15). The predicted octanol–water partition coefficient (Wildman–Crippen LogP) is 3.66. The molecule has 0 fully saturated rings. The third kappa shape index (κ3) is 2.65. The lowest BCUT2D eigenvalue weighted by Crippen LogP contribution is -1.97. The van der Waals surface area contributed by atoms with Crippen molar-refractivity contribution in [2.45, 2.75) is 13.5 Å². The molecule has 0 saturated heterocycles. The highest BCUT2D eigenvalue weighted by Crippen LogP contribution is 2.34. The van der Waals surface area contributed by atoms with E-state index in [1.54, 1.807) is 10.7 Å². The largest absolute Gasteiger partial charge is 0.506 e. The van der Waals surface area contributed by atoms with Crippen molar-refractivity contribution in [2.24, 2.45) is 0 Å². The zero-order valence-electron chi connectivity index (χ0n) is 9.11. The van der Waals surface area contributed by atoms with Crippen molar-refractivity contribution in [1.82, 2.24) is 9.78 Å². The molecule has 0 saturated carbocycles. The number of hydrogen-bond acceptors (Lipinski definition) is 3. The number of benzene rings is 1. The predicted molar refractivity (Wildman–Crippen MR) is 69.3 cm³/mol. The van der Waals surface area contributed by atoms with E-state index >= 15 is 0 Å². The van der Waals surface area contributed by atoms with Gasteiger partial charge in [0.2, 0.25) is 0 Å². The molecule has 0 unspecified atom stereocenters. The van der Waals surface area contributed by atoms with Gasteiger partial charge in [0.25, 0.3) is 0 Å². The second kappa shape index (κ2) is 4.85. The molecule has 4 nitrogen and oxygen atoms in total. The first-order chi connectivity index (χ1) is 8.10. The summed E-state index contributed by atoms with van der Waals surface area (Å²) in [4.78, 5) is 0. The highest BCUT2D eigenvalue weighted by Gasteiger charge is 2.08. The Kier molecular flexibility index (Phi) is 3.45. The number of nitrogens with zero attached hydrogens (tertiary/aromatic N) is 2. The number of aromatic hydroxyl groups is 1. The fourth-order valence-electron chi connectivity index (χ4n) is 1.38. The lowest BCUT2D eigenvalue weighted by atomic mass is 10.3. The number of hydrogen-bond donors (Lipinski definition) is 2. The van der Waals surface area contributed by atoms with Crippen LogP contribution in [0.4, 0.5) is 11.5 Å². The van der Waals surface area contributed by atoms with Crippen LogP contribution in [-0.4, -0.2) is 14.9 Å². The summed E-state index contributed by atoms with van der Waals surface area (Å²) in [6.45, 7) is 2.78. The van der Waals surface area contributed by atoms with Crippen LogP contribution in [0.3, 0.4) is 0 Å². The van der Waals surface area contributed by atoms with Crippen LogP contribution in [-0.2, 0) is 6.54 Å². The molecule has 0 radical (unpaired) electrons. The first-order valence-electron chi connectivity index (χ1n) is 5.08. The van der Waals surface area contributed by atoms with Crippen LogP contribution in [0.5, 0.6) is 5.75 Å². The first kappa shape index (κ1) is 12.1. The molecule has 2 rings (SSSR count). The number of phenolic OH excluding ortho intramolecular Hbond substituents is 1. The number of phenols is 1. The smallest absolute Gasteiger partial charge is 0.152 e. The van der Waals surface area contributed by atoms with Crippen LogP contribution < -0.4 is 5.32 Å². The average Bonchev–Trinajstić information content (AvgIpc) is 2.73. The molecule has 1 aromatic carbocycles. The summed E-state index contributed by atoms with van der Waals surface area (Å²) in [5, 5.41) is 17.6. The van der Waals surface area contributed by atoms with Gasteiger partial charge in [-0.25, -0.2) is 0 Å². The Morgan fingerprint density at radius 2 is 2.06 bits per heavy atom. The fraction of sp³-hybridized carbons (Fsp3) is 0.182. The van der Waals surface area contributed by atoms with E-state index < -0.39 is 0 Å². The third-order valence-corrected chi connectivity index (χ3v) is 2.99. The van der Waals surface area contributed by atoms with Gasteiger partial charge in [-0.3, -0.25) is 4.68 Å². The molecular weight excluding hydrogens is 261 g/mol. The molecule has 0 spiro atoms. The van der Waals surface area contributed by atoms with E-state index in [2.05, 4.69) is 10.4 Å². The van der Waals surface area contributed by atoms with Crippen LogP contribution in [0, 0.1) is 0 Å². The molecule has 17 heavy (non-hydrogen) atoms. The number of halogens is 2. The van der Waals surface area contributed by atoms with Crippen molar-refractivity contribution < 1.29 is 5.11 Å². The maximum absolute atomic E-state index is 9.70. The molecule has 0 atom stereocenters. The summed E-state index contributed by atoms with van der Waals surface area (Å²) in [5.41, 5.74) is 0.473. The van der Waals surface area contributed by atoms with Crippen molar-refractivity contribution >= 4 is 34.7 Å². The lowest BCUT2D eigenvalue weighted by Gasteiger charge is -2.07. The Hall–Kier alpha value is -1.39. The van der Waals surface area contributed by atoms with Crippen molar-refractivity contribution in [3.8, 4) is 5.75 Å². The monoisotopic (exact) mass is 271 g/mol. The number of anilines is 2. The summed E-state index contributed by atoms with van der Waals surface area (Å²) in [6, 6.07) is 4.76. The molecule has 0 aliphatic heterocycles. The lowest BCUT2D eigenvalue weighted by molar-refractivity contribution is 0.478. The minimum atomic E-state index is 0.0328. The van der Waals surface area contributed by atoms with Crippen LogP contribution in [0.25, 0.3) is 0 Å². The molecule has 90 valence electrons. The molecule has 0 aliphatic carbocycles. The Morgan fingerprint density at radius 1 is 1.35 bits per heavy atom. The number of rotatable bonds is 3. The number of aromatic nitrogens is 2. The van der Waals surface area contributed by atoms with Crippen LogP contribution >= 0.6 is 23.2 Å². The Labute approximate surface area is 109 Å². The van der Waals surface area contributed by atoms with Crippen molar-refractivity contribution in [3.05, 3.63) is 34.4 Å². The van der Waals surface area contributed by atoms with Crippen LogP contribution in [0.15, 0.2) is 24.4 Å². The normalized spacial score (nSPS) is 10.5. The van der Waals surface area contributed by atoms with E-state index in [4.69, 9.17) is 23.2 Å². The van der Waals surface area contributed by atoms with Gasteiger partial charge >= 0.3 is 0 Å². The fourth-order valence-corrected chi connectivity index (χ4v) is 1.70. The van der Waals surface area contributed by atoms with Gasteiger partial charge in [-0.1, -0.05) is 23.2 Å². The molecule has 1 heterocycles. The molecule has 2 aromatic rings. The molecule has 0 aliphatic rings. The van der Waals surface area contributed by atoms with Crippen molar-refractivity contribution in [1.29, 1.82) is 0 Å². The van der Waals surface area contributed by atoms with E-state index in [0.717, 1.165) is 6.54 Å². The quantitative estimate of drug-likeness (QED) is 0.838. The molecule has 1 aromatic heterocycles. The molecule has 0 amide bonds. The summed E-state index contributed by atoms with van der Waals surface area (Å²) < 4.78 is 1.77. The van der Waals surface area contributed by atoms with Crippen LogP contribution in [0.1, 0.15) is 6.92 Å². The summed E-state index contributed by atoms with van der Waals surface area (Å²) >= 11 is 11.7. The topological polar surface area (TPSA) is 50.1 Å². The van der Waals surface area contributed by atoms with Gasteiger partial charge in [0, 0.05) is 24.9 Å².